The number of Topliss-reactive ketones (excluding diaryl/α,β-unsaturated/α-hetero) is 2. The minimum atomic E-state index is -0.968. The fourth-order valence-corrected chi connectivity index (χ4v) is 29.7. The van der Waals surface area contributed by atoms with Gasteiger partial charge in [0.1, 0.15) is 58.4 Å². The molecule has 0 fully saturated rings. The molecule has 16 heteroatoms. The van der Waals surface area contributed by atoms with Gasteiger partial charge in [-0.15, -0.1) is 68.0 Å². The van der Waals surface area contributed by atoms with Crippen LogP contribution in [0.3, 0.4) is 0 Å². The molecular weight excluding hydrogens is 1760 g/mol. The van der Waals surface area contributed by atoms with Crippen LogP contribution in [0.5, 0.6) is 23.0 Å². The van der Waals surface area contributed by atoms with Crippen LogP contribution < -0.4 is 18.9 Å². The van der Waals surface area contributed by atoms with Gasteiger partial charge in [-0.1, -0.05) is 356 Å². The predicted octanol–water partition coefficient (Wildman–Crippen LogP) is 35.6. The molecule has 4 aliphatic rings. The van der Waals surface area contributed by atoms with Crippen molar-refractivity contribution < 1.29 is 28.5 Å². The molecule has 0 spiro atoms. The van der Waals surface area contributed by atoms with Gasteiger partial charge in [0, 0.05) is 74.8 Å². The summed E-state index contributed by atoms with van der Waals surface area (Å²) in [7, 11) is 0. The molecule has 0 radical (unpaired) electrons. The monoisotopic (exact) mass is 1890 g/mol. The Balaban J connectivity index is 0.865. The third-order valence-corrected chi connectivity index (χ3v) is 35.5. The fourth-order valence-electron chi connectivity index (χ4n) is 20.9. The normalized spacial score (nSPS) is 14.2. The van der Waals surface area contributed by atoms with Gasteiger partial charge in [0.25, 0.3) is 0 Å². The second-order valence-corrected chi connectivity index (χ2v) is 43.4. The maximum absolute atomic E-state index is 14.8. The van der Waals surface area contributed by atoms with Crippen molar-refractivity contribution in [3.63, 3.8) is 0 Å². The van der Waals surface area contributed by atoms with E-state index in [0.29, 0.717) is 71.0 Å². The third-order valence-electron chi connectivity index (χ3n) is 27.8. The molecule has 0 saturated heterocycles. The van der Waals surface area contributed by atoms with E-state index in [0.717, 1.165) is 125 Å². The largest absolute Gasteiger partial charge is 0.494 e. The molecule has 0 bridgehead atoms. The molecule has 6 aromatic heterocycles. The summed E-state index contributed by atoms with van der Waals surface area (Å²) in [5, 5.41) is 42.3. The first-order valence-corrected chi connectivity index (χ1v) is 55.5. The lowest BCUT2D eigenvalue weighted by Gasteiger charge is -2.34. The Morgan fingerprint density at radius 1 is 0.284 bits per heavy atom. The fraction of sp³-hybridized carbons (Fsp3) is 0.424. The van der Waals surface area contributed by atoms with Gasteiger partial charge in [-0.05, 0) is 132 Å². The first-order chi connectivity index (χ1) is 66.1. The molecule has 692 valence electrons. The average Bonchev–Trinajstić information content (AvgIpc) is 1.47. The van der Waals surface area contributed by atoms with E-state index >= 15 is 0 Å². The van der Waals surface area contributed by atoms with Gasteiger partial charge < -0.3 is 18.9 Å². The van der Waals surface area contributed by atoms with Crippen LogP contribution in [0.4, 0.5) is 0 Å². The quantitative estimate of drug-likeness (QED) is 0.0203. The Labute approximate surface area is 819 Å². The maximum atomic E-state index is 14.8. The Hall–Kier alpha value is -10.2. The van der Waals surface area contributed by atoms with Crippen LogP contribution in [0.1, 0.15) is 371 Å². The summed E-state index contributed by atoms with van der Waals surface area (Å²) < 4.78 is 33.9. The number of ether oxygens (including phenoxy) is 4. The van der Waals surface area contributed by atoms with Crippen molar-refractivity contribution >= 4 is 131 Å². The van der Waals surface area contributed by atoms with Crippen LogP contribution in [0, 0.1) is 45.3 Å². The highest BCUT2D eigenvalue weighted by atomic mass is 32.1. The van der Waals surface area contributed by atoms with E-state index in [1.807, 2.05) is 71.2 Å². The number of carbonyl (C=O) groups excluding carboxylic acids is 2. The molecule has 0 saturated carbocycles. The minimum absolute atomic E-state index is 0.0952. The molecule has 4 aliphatic carbocycles. The van der Waals surface area contributed by atoms with Crippen LogP contribution in [0.15, 0.2) is 180 Å². The topological polar surface area (TPSA) is 166 Å². The van der Waals surface area contributed by atoms with Crippen molar-refractivity contribution in [3.8, 4) is 66.8 Å². The van der Waals surface area contributed by atoms with Crippen LogP contribution in [-0.4, -0.2) is 38.0 Å². The number of hydrogen-bond donors (Lipinski definition) is 0. The van der Waals surface area contributed by atoms with E-state index in [2.05, 4.69) is 161 Å². The molecule has 0 unspecified atom stereocenters. The standard InChI is InChI=1S/C118H128N4O6S6/c1-5-9-13-17-21-25-29-33-37-45-69-125-87-61-53-83(54-62-87)117(84-55-63-88(64-56-84)126-70-46-38-34-30-26-22-18-14-10-6-2)103-109-99(75-91(129-109)73-97-101(81(77-119)78-120)93-49-41-43-51-95(93)107(97)123)131-111(103)113-105(117)115-116(133-113)106-114(134-115)112-104(110-100(132-112)76-92(130-110)74-98-102(82(79-121)80-122)94-50-42-44-52-96(94)108(98)124)118(106,85-57-65-89(66-58-85)127-71-47-39-35-31-27-23-19-15-11-7-3)86-59-67-90(68-60-86)128-72-48-40-36-32-28-24-20-16-12-8-4/h41-44,49-68,73-76H,5-40,45-48,69-72H2,1-4H3/b97-73-,98-74-. The number of benzene rings is 6. The molecule has 134 heavy (non-hydrogen) atoms. The highest BCUT2D eigenvalue weighted by Crippen LogP contribution is 2.73. The van der Waals surface area contributed by atoms with E-state index in [9.17, 15) is 30.6 Å². The van der Waals surface area contributed by atoms with Gasteiger partial charge in [0.15, 0.2) is 11.6 Å². The highest BCUT2D eigenvalue weighted by molar-refractivity contribution is 7.37. The van der Waals surface area contributed by atoms with Gasteiger partial charge in [0.05, 0.1) is 75.6 Å². The van der Waals surface area contributed by atoms with Crippen molar-refractivity contribution in [2.45, 2.75) is 295 Å². The van der Waals surface area contributed by atoms with E-state index < -0.39 is 10.8 Å². The molecule has 0 atom stereocenters. The molecule has 6 aromatic carbocycles. The zero-order valence-electron chi connectivity index (χ0n) is 79.0. The van der Waals surface area contributed by atoms with Gasteiger partial charge in [-0.3, -0.25) is 9.59 Å². The van der Waals surface area contributed by atoms with E-state index in [1.54, 1.807) is 57.5 Å². The van der Waals surface area contributed by atoms with E-state index in [4.69, 9.17) is 18.9 Å². The number of thiophene rings is 6. The number of hydrogen-bond acceptors (Lipinski definition) is 16. The first kappa shape index (κ1) is 96.9. The number of carbonyl (C=O) groups is 2. The second-order valence-electron chi connectivity index (χ2n) is 37.1. The lowest BCUT2D eigenvalue weighted by atomic mass is 9.67. The van der Waals surface area contributed by atoms with Gasteiger partial charge >= 0.3 is 0 Å². The number of rotatable bonds is 54. The zero-order chi connectivity index (χ0) is 92.6. The Morgan fingerprint density at radius 3 is 0.769 bits per heavy atom. The van der Waals surface area contributed by atoms with Crippen molar-refractivity contribution in [1.29, 1.82) is 21.0 Å². The average molecular weight is 1890 g/mol. The lowest BCUT2D eigenvalue weighted by molar-refractivity contribution is 0.103. The van der Waals surface area contributed by atoms with Crippen molar-refractivity contribution in [2.75, 3.05) is 26.4 Å². The summed E-state index contributed by atoms with van der Waals surface area (Å²) in [4.78, 5) is 36.2. The Morgan fingerprint density at radius 2 is 0.515 bits per heavy atom. The van der Waals surface area contributed by atoms with Gasteiger partial charge in [-0.2, -0.15) is 21.0 Å². The molecular formula is C118H128N4O6S6. The molecule has 6 heterocycles. The number of fused-ring (bicyclic) bond motifs is 15. The Bertz CT molecular complexity index is 5820. The van der Waals surface area contributed by atoms with E-state index in [-0.39, 0.29) is 22.7 Å². The first-order valence-electron chi connectivity index (χ1n) is 50.6. The summed E-state index contributed by atoms with van der Waals surface area (Å²) in [6.45, 7) is 11.6. The van der Waals surface area contributed by atoms with Gasteiger partial charge in [0.2, 0.25) is 0 Å². The second kappa shape index (κ2) is 47.5. The van der Waals surface area contributed by atoms with Crippen molar-refractivity contribution in [2.24, 2.45) is 0 Å². The van der Waals surface area contributed by atoms with E-state index in [1.165, 1.54) is 257 Å². The van der Waals surface area contributed by atoms with Crippen molar-refractivity contribution in [3.05, 3.63) is 257 Å². The SMILES string of the molecule is CCCCCCCCCCCCOc1ccc(C2(c3ccc(OCCCCCCCCCCCC)cc3)c3c(sc4cc(/C=C5\C(=O)c6ccccc6C5=C(C#N)C#N)sc34)-c3sc4c5c(sc4c32)-c2sc3cc(/C=C4\C(=O)c6ccccc6C4=C(C#N)C#N)sc3c2C5(c2ccc(OCCCCCCCCCCCC)cc2)c2ccc(OCCCCCCCCCCCC)cc2)cc1. The molecule has 10 nitrogen and oxygen atoms in total. The van der Waals surface area contributed by atoms with Crippen LogP contribution in [0.25, 0.3) is 71.0 Å². The summed E-state index contributed by atoms with van der Waals surface area (Å²) in [6, 6.07) is 63.9. The molecule has 12 aromatic rings. The van der Waals surface area contributed by atoms with Crippen LogP contribution >= 0.6 is 68.0 Å². The van der Waals surface area contributed by atoms with Crippen molar-refractivity contribution in [1.82, 2.24) is 0 Å². The molecule has 0 amide bonds. The highest BCUT2D eigenvalue weighted by Gasteiger charge is 2.57. The number of nitrogens with zero attached hydrogens (tertiary/aromatic N) is 4. The molecule has 0 N–H and O–H groups in total. The third kappa shape index (κ3) is 20.9. The number of unbranched alkanes of at least 4 members (excludes halogenated alkanes) is 36. The predicted molar refractivity (Wildman–Crippen MR) is 564 cm³/mol. The number of allylic oxidation sites excluding steroid dienone is 6. The van der Waals surface area contributed by atoms with Crippen LogP contribution in [0.2, 0.25) is 0 Å². The summed E-state index contributed by atoms with van der Waals surface area (Å²) in [5.41, 5.74) is 10.6. The lowest BCUT2D eigenvalue weighted by Crippen LogP contribution is -2.29. The van der Waals surface area contributed by atoms with Crippen LogP contribution in [-0.2, 0) is 10.8 Å². The summed E-state index contributed by atoms with van der Waals surface area (Å²) in [6.07, 6.45) is 53.4. The maximum Gasteiger partial charge on any atom is 0.194 e. The summed E-state index contributed by atoms with van der Waals surface area (Å²) in [5.74, 6) is 2.88. The molecule has 16 rings (SSSR count). The number of ketones is 2. The number of nitriles is 4. The summed E-state index contributed by atoms with van der Waals surface area (Å²) >= 11 is 10.7. The smallest absolute Gasteiger partial charge is 0.194 e. The minimum Gasteiger partial charge on any atom is -0.494 e. The van der Waals surface area contributed by atoms with Gasteiger partial charge in [-0.25, -0.2) is 0 Å². The Kier molecular flexibility index (Phi) is 34.3. The zero-order valence-corrected chi connectivity index (χ0v) is 83.9. The molecule has 0 aliphatic heterocycles.